The van der Waals surface area contributed by atoms with Crippen molar-refractivity contribution in [1.82, 2.24) is 19.9 Å². The number of rotatable bonds is 7. The molecular weight excluding hydrogens is 423 g/mol. The Morgan fingerprint density at radius 2 is 2.03 bits per heavy atom. The van der Waals surface area contributed by atoms with Crippen molar-refractivity contribution in [2.75, 3.05) is 6.61 Å². The standard InChI is InChI=1S/C22H22F3N5O2/c1-13(12-32-19-7-5-4-6-18(19)22(23,24)25)28-20(31)9-8-17-14(2)29-21-16(10-26)11-27-30(21)15(17)3/h4-7,11,13H,8-9,12H2,1-3H3,(H,28,31). The van der Waals surface area contributed by atoms with Gasteiger partial charge in [0.2, 0.25) is 5.91 Å². The second kappa shape index (κ2) is 9.26. The predicted molar refractivity (Wildman–Crippen MR) is 110 cm³/mol. The molecule has 0 spiro atoms. The van der Waals surface area contributed by atoms with Crippen LogP contribution in [0.5, 0.6) is 5.75 Å². The van der Waals surface area contributed by atoms with E-state index in [1.54, 1.807) is 11.4 Å². The normalized spacial score (nSPS) is 12.4. The molecular formula is C22H22F3N5O2. The smallest absolute Gasteiger partial charge is 0.419 e. The third-order valence-electron chi connectivity index (χ3n) is 5.02. The first-order valence-electron chi connectivity index (χ1n) is 9.94. The van der Waals surface area contributed by atoms with Gasteiger partial charge in [-0.15, -0.1) is 0 Å². The van der Waals surface area contributed by atoms with E-state index in [1.165, 1.54) is 24.4 Å². The molecule has 3 aromatic rings. The third kappa shape index (κ3) is 4.99. The number of para-hydroxylation sites is 1. The average Bonchev–Trinajstić information content (AvgIpc) is 3.14. The number of ether oxygens (including phenoxy) is 1. The summed E-state index contributed by atoms with van der Waals surface area (Å²) in [6.07, 6.45) is -2.51. The molecule has 1 unspecified atom stereocenters. The Hall–Kier alpha value is -3.61. The third-order valence-corrected chi connectivity index (χ3v) is 5.02. The molecule has 0 saturated heterocycles. The zero-order valence-electron chi connectivity index (χ0n) is 17.8. The Morgan fingerprint density at radius 1 is 1.31 bits per heavy atom. The Kier molecular flexibility index (Phi) is 6.67. The first-order chi connectivity index (χ1) is 15.1. The lowest BCUT2D eigenvalue weighted by Gasteiger charge is -2.18. The Balaban J connectivity index is 1.58. The van der Waals surface area contributed by atoms with E-state index in [0.29, 0.717) is 23.3 Å². The number of carbonyl (C=O) groups excluding carboxylic acids is 1. The van der Waals surface area contributed by atoms with Crippen molar-refractivity contribution in [2.45, 2.75) is 45.8 Å². The fraction of sp³-hybridized carbons (Fsp3) is 0.364. The van der Waals surface area contributed by atoms with Gasteiger partial charge in [0.1, 0.15) is 24.0 Å². The number of benzene rings is 1. The highest BCUT2D eigenvalue weighted by Gasteiger charge is 2.34. The van der Waals surface area contributed by atoms with Crippen molar-refractivity contribution < 1.29 is 22.7 Å². The Labute approximate surface area is 182 Å². The molecule has 0 aliphatic rings. The van der Waals surface area contributed by atoms with Crippen molar-refractivity contribution in [3.63, 3.8) is 0 Å². The van der Waals surface area contributed by atoms with Crippen LogP contribution < -0.4 is 10.1 Å². The number of aryl methyl sites for hydroxylation is 2. The summed E-state index contributed by atoms with van der Waals surface area (Å²) < 4.78 is 46.0. The molecule has 1 aromatic carbocycles. The van der Waals surface area contributed by atoms with Crippen LogP contribution in [-0.2, 0) is 17.4 Å². The van der Waals surface area contributed by atoms with Crippen LogP contribution in [0.25, 0.3) is 5.65 Å². The SMILES string of the molecule is Cc1nc2c(C#N)cnn2c(C)c1CCC(=O)NC(C)COc1ccccc1C(F)(F)F. The summed E-state index contributed by atoms with van der Waals surface area (Å²) in [7, 11) is 0. The second-order valence-electron chi connectivity index (χ2n) is 7.44. The predicted octanol–water partition coefficient (Wildman–Crippen LogP) is 3.75. The van der Waals surface area contributed by atoms with Crippen LogP contribution in [0.1, 0.15) is 41.4 Å². The molecule has 1 amide bonds. The summed E-state index contributed by atoms with van der Waals surface area (Å²) in [4.78, 5) is 16.8. The summed E-state index contributed by atoms with van der Waals surface area (Å²) in [5.41, 5.74) is 2.35. The van der Waals surface area contributed by atoms with E-state index in [2.05, 4.69) is 15.4 Å². The highest BCUT2D eigenvalue weighted by atomic mass is 19.4. The van der Waals surface area contributed by atoms with E-state index in [-0.39, 0.29) is 24.7 Å². The van der Waals surface area contributed by atoms with Crippen molar-refractivity contribution >= 4 is 11.6 Å². The number of alkyl halides is 3. The number of hydrogen-bond donors (Lipinski definition) is 1. The number of nitrogens with one attached hydrogen (secondary N) is 1. The van der Waals surface area contributed by atoms with Crippen LogP contribution >= 0.6 is 0 Å². The summed E-state index contributed by atoms with van der Waals surface area (Å²) in [5.74, 6) is -0.537. The molecule has 0 fully saturated rings. The zero-order valence-corrected chi connectivity index (χ0v) is 17.8. The number of hydrogen-bond acceptors (Lipinski definition) is 5. The van der Waals surface area contributed by atoms with Crippen LogP contribution in [0.4, 0.5) is 13.2 Å². The number of nitriles is 1. The molecule has 2 aromatic heterocycles. The molecule has 10 heteroatoms. The number of halogens is 3. The van der Waals surface area contributed by atoms with Gasteiger partial charge >= 0.3 is 6.18 Å². The van der Waals surface area contributed by atoms with E-state index >= 15 is 0 Å². The molecule has 3 rings (SSSR count). The maximum absolute atomic E-state index is 13.1. The molecule has 1 N–H and O–H groups in total. The lowest BCUT2D eigenvalue weighted by Crippen LogP contribution is -2.37. The molecule has 0 radical (unpaired) electrons. The highest BCUT2D eigenvalue weighted by Crippen LogP contribution is 2.35. The van der Waals surface area contributed by atoms with Gasteiger partial charge in [-0.2, -0.15) is 23.5 Å². The van der Waals surface area contributed by atoms with E-state index in [9.17, 15) is 18.0 Å². The Morgan fingerprint density at radius 3 is 2.72 bits per heavy atom. The topological polar surface area (TPSA) is 92.3 Å². The number of aromatic nitrogens is 3. The van der Waals surface area contributed by atoms with Crippen LogP contribution in [0.2, 0.25) is 0 Å². The zero-order chi connectivity index (χ0) is 23.5. The molecule has 7 nitrogen and oxygen atoms in total. The minimum Gasteiger partial charge on any atom is -0.491 e. The first kappa shape index (κ1) is 23.1. The maximum Gasteiger partial charge on any atom is 0.419 e. The summed E-state index contributed by atoms with van der Waals surface area (Å²) in [6.45, 7) is 5.21. The van der Waals surface area contributed by atoms with E-state index < -0.39 is 17.8 Å². The molecule has 0 aliphatic heterocycles. The lowest BCUT2D eigenvalue weighted by atomic mass is 10.1. The van der Waals surface area contributed by atoms with Crippen molar-refractivity contribution in [3.05, 3.63) is 58.5 Å². The first-order valence-corrected chi connectivity index (χ1v) is 9.94. The molecule has 1 atom stereocenters. The minimum atomic E-state index is -4.52. The number of carbonyl (C=O) groups is 1. The van der Waals surface area contributed by atoms with Gasteiger partial charge in [0.05, 0.1) is 17.8 Å². The molecule has 0 bridgehead atoms. The molecule has 168 valence electrons. The largest absolute Gasteiger partial charge is 0.491 e. The van der Waals surface area contributed by atoms with Gasteiger partial charge in [-0.3, -0.25) is 4.79 Å². The van der Waals surface area contributed by atoms with Gasteiger partial charge in [0.25, 0.3) is 0 Å². The van der Waals surface area contributed by atoms with Crippen molar-refractivity contribution in [1.29, 1.82) is 5.26 Å². The molecule has 2 heterocycles. The lowest BCUT2D eigenvalue weighted by molar-refractivity contribution is -0.139. The van der Waals surface area contributed by atoms with Crippen LogP contribution in [0.3, 0.4) is 0 Å². The van der Waals surface area contributed by atoms with Gasteiger partial charge in [-0.1, -0.05) is 12.1 Å². The van der Waals surface area contributed by atoms with Crippen LogP contribution in [-0.4, -0.2) is 33.2 Å². The number of fused-ring (bicyclic) bond motifs is 1. The van der Waals surface area contributed by atoms with Gasteiger partial charge < -0.3 is 10.1 Å². The summed E-state index contributed by atoms with van der Waals surface area (Å²) >= 11 is 0. The molecule has 0 saturated carbocycles. The number of nitrogens with zero attached hydrogens (tertiary/aromatic N) is 4. The van der Waals surface area contributed by atoms with Crippen molar-refractivity contribution in [2.24, 2.45) is 0 Å². The monoisotopic (exact) mass is 445 g/mol. The van der Waals surface area contributed by atoms with Crippen LogP contribution in [0.15, 0.2) is 30.5 Å². The summed E-state index contributed by atoms with van der Waals surface area (Å²) in [6, 6.07) is 6.51. The summed E-state index contributed by atoms with van der Waals surface area (Å²) in [5, 5.41) is 16.1. The fourth-order valence-corrected chi connectivity index (χ4v) is 3.42. The van der Waals surface area contributed by atoms with Crippen LogP contribution in [0, 0.1) is 25.2 Å². The second-order valence-corrected chi connectivity index (χ2v) is 7.44. The molecule has 32 heavy (non-hydrogen) atoms. The van der Waals surface area contributed by atoms with Gasteiger partial charge in [-0.05, 0) is 44.9 Å². The Bertz CT molecular complexity index is 1180. The molecule has 0 aliphatic carbocycles. The fourth-order valence-electron chi connectivity index (χ4n) is 3.42. The maximum atomic E-state index is 13.1. The quantitative estimate of drug-likeness (QED) is 0.598. The highest BCUT2D eigenvalue weighted by molar-refractivity contribution is 5.76. The average molecular weight is 445 g/mol. The van der Waals surface area contributed by atoms with E-state index in [1.807, 2.05) is 19.9 Å². The minimum absolute atomic E-state index is 0.103. The van der Waals surface area contributed by atoms with E-state index in [0.717, 1.165) is 17.3 Å². The van der Waals surface area contributed by atoms with Gasteiger partial charge in [0.15, 0.2) is 5.65 Å². The number of amides is 1. The van der Waals surface area contributed by atoms with E-state index in [4.69, 9.17) is 10.00 Å². The van der Waals surface area contributed by atoms with Crippen molar-refractivity contribution in [3.8, 4) is 11.8 Å². The van der Waals surface area contributed by atoms with Gasteiger partial charge in [-0.25, -0.2) is 9.50 Å². The van der Waals surface area contributed by atoms with Gasteiger partial charge in [0, 0.05) is 17.8 Å².